The summed E-state index contributed by atoms with van der Waals surface area (Å²) in [6, 6.07) is 12.3. The Bertz CT molecular complexity index is 771. The van der Waals surface area contributed by atoms with Crippen molar-refractivity contribution in [3.8, 4) is 0 Å². The van der Waals surface area contributed by atoms with Crippen molar-refractivity contribution in [1.82, 2.24) is 5.32 Å². The third-order valence-corrected chi connectivity index (χ3v) is 4.26. The lowest BCUT2D eigenvalue weighted by atomic mass is 10.1. The number of carbonyl (C=O) groups is 2. The number of hydrogen-bond acceptors (Lipinski definition) is 2. The average Bonchev–Trinajstić information content (AvgIpc) is 3.35. The van der Waals surface area contributed by atoms with Gasteiger partial charge in [0.15, 0.2) is 0 Å². The monoisotopic (exact) mass is 362 g/mol. The predicted octanol–water partition coefficient (Wildman–Crippen LogP) is 4.07. The highest BCUT2D eigenvalue weighted by atomic mass is 35.5. The second-order valence-corrected chi connectivity index (χ2v) is 6.64. The molecule has 0 unspecified atom stereocenters. The molecular formula is C18H16Cl2N2O2. The summed E-state index contributed by atoms with van der Waals surface area (Å²) >= 11 is 11.9. The largest absolute Gasteiger partial charge is 0.353 e. The molecule has 0 aromatic heterocycles. The molecule has 0 saturated heterocycles. The minimum Gasteiger partial charge on any atom is -0.353 e. The number of carbonyl (C=O) groups excluding carboxylic acids is 2. The Balaban J connectivity index is 1.61. The topological polar surface area (TPSA) is 58.2 Å². The van der Waals surface area contributed by atoms with Crippen LogP contribution in [0.4, 0.5) is 5.69 Å². The van der Waals surface area contributed by atoms with E-state index >= 15 is 0 Å². The van der Waals surface area contributed by atoms with Crippen molar-refractivity contribution in [2.24, 2.45) is 0 Å². The van der Waals surface area contributed by atoms with Crippen LogP contribution in [0, 0.1) is 0 Å². The molecule has 3 rings (SSSR count). The molecule has 0 atom stereocenters. The molecule has 1 aliphatic rings. The number of amides is 2. The fourth-order valence-electron chi connectivity index (χ4n) is 2.27. The predicted molar refractivity (Wildman–Crippen MR) is 95.7 cm³/mol. The van der Waals surface area contributed by atoms with Crippen LogP contribution < -0.4 is 10.6 Å². The van der Waals surface area contributed by atoms with Crippen LogP contribution in [0.2, 0.25) is 10.0 Å². The molecule has 2 amide bonds. The lowest BCUT2D eigenvalue weighted by Crippen LogP contribution is -2.26. The van der Waals surface area contributed by atoms with Gasteiger partial charge in [0.2, 0.25) is 5.91 Å². The van der Waals surface area contributed by atoms with E-state index < -0.39 is 0 Å². The van der Waals surface area contributed by atoms with E-state index in [1.165, 1.54) is 6.07 Å². The van der Waals surface area contributed by atoms with Gasteiger partial charge < -0.3 is 10.6 Å². The highest BCUT2D eigenvalue weighted by Gasteiger charge is 2.23. The summed E-state index contributed by atoms with van der Waals surface area (Å²) in [7, 11) is 0. The maximum atomic E-state index is 12.3. The smallest absolute Gasteiger partial charge is 0.257 e. The van der Waals surface area contributed by atoms with Gasteiger partial charge in [0.25, 0.3) is 5.91 Å². The Morgan fingerprint density at radius 2 is 1.75 bits per heavy atom. The lowest BCUT2D eigenvalue weighted by molar-refractivity contribution is -0.120. The molecule has 4 nitrogen and oxygen atoms in total. The van der Waals surface area contributed by atoms with Gasteiger partial charge in [-0.15, -0.1) is 0 Å². The van der Waals surface area contributed by atoms with Gasteiger partial charge in [0, 0.05) is 16.8 Å². The molecule has 1 saturated carbocycles. The SMILES string of the molecule is O=C(Cc1ccc(NC(=O)c2cc(Cl)ccc2Cl)cc1)NC1CC1. The average molecular weight is 363 g/mol. The van der Waals surface area contributed by atoms with Gasteiger partial charge >= 0.3 is 0 Å². The Hall–Kier alpha value is -2.04. The van der Waals surface area contributed by atoms with Crippen molar-refractivity contribution in [2.45, 2.75) is 25.3 Å². The Kier molecular flexibility index (Phi) is 5.07. The van der Waals surface area contributed by atoms with Gasteiger partial charge in [-0.1, -0.05) is 35.3 Å². The van der Waals surface area contributed by atoms with Crippen LogP contribution in [-0.4, -0.2) is 17.9 Å². The van der Waals surface area contributed by atoms with E-state index in [-0.39, 0.29) is 11.8 Å². The zero-order valence-corrected chi connectivity index (χ0v) is 14.3. The fraction of sp³-hybridized carbons (Fsp3) is 0.222. The third-order valence-electron chi connectivity index (χ3n) is 3.69. The normalized spacial score (nSPS) is 13.4. The molecule has 0 bridgehead atoms. The molecule has 2 aromatic rings. The first-order valence-corrected chi connectivity index (χ1v) is 8.41. The van der Waals surface area contributed by atoms with Crippen LogP contribution >= 0.6 is 23.2 Å². The molecule has 2 aromatic carbocycles. The van der Waals surface area contributed by atoms with Gasteiger partial charge in [-0.05, 0) is 48.7 Å². The van der Waals surface area contributed by atoms with Crippen molar-refractivity contribution < 1.29 is 9.59 Å². The molecule has 0 radical (unpaired) electrons. The van der Waals surface area contributed by atoms with Crippen LogP contribution in [0.5, 0.6) is 0 Å². The summed E-state index contributed by atoms with van der Waals surface area (Å²) in [6.07, 6.45) is 2.48. The second kappa shape index (κ2) is 7.24. The Morgan fingerprint density at radius 1 is 1.04 bits per heavy atom. The maximum absolute atomic E-state index is 12.3. The number of hydrogen-bond donors (Lipinski definition) is 2. The third kappa shape index (κ3) is 4.49. The van der Waals surface area contributed by atoms with Crippen LogP contribution in [0.25, 0.3) is 0 Å². The fourth-order valence-corrected chi connectivity index (χ4v) is 2.64. The molecule has 2 N–H and O–H groups in total. The minimum atomic E-state index is -0.332. The zero-order valence-electron chi connectivity index (χ0n) is 12.8. The number of benzene rings is 2. The molecule has 24 heavy (non-hydrogen) atoms. The first kappa shape index (κ1) is 16.8. The number of nitrogens with one attached hydrogen (secondary N) is 2. The van der Waals surface area contributed by atoms with E-state index in [4.69, 9.17) is 23.2 Å². The second-order valence-electron chi connectivity index (χ2n) is 5.79. The van der Waals surface area contributed by atoms with Crippen LogP contribution in [0.15, 0.2) is 42.5 Å². The van der Waals surface area contributed by atoms with Crippen molar-refractivity contribution in [1.29, 1.82) is 0 Å². The number of halogens is 2. The molecule has 1 aliphatic carbocycles. The molecule has 6 heteroatoms. The molecule has 124 valence electrons. The van der Waals surface area contributed by atoms with E-state index in [0.29, 0.717) is 33.8 Å². The van der Waals surface area contributed by atoms with E-state index in [1.54, 1.807) is 24.3 Å². The zero-order chi connectivity index (χ0) is 17.1. The Labute approximate surface area is 150 Å². The first-order valence-electron chi connectivity index (χ1n) is 7.66. The summed E-state index contributed by atoms with van der Waals surface area (Å²) in [5, 5.41) is 6.50. The summed E-state index contributed by atoms with van der Waals surface area (Å²) in [5.74, 6) is -0.304. The van der Waals surface area contributed by atoms with E-state index in [0.717, 1.165) is 18.4 Å². The van der Waals surface area contributed by atoms with Crippen molar-refractivity contribution >= 4 is 40.7 Å². The molecule has 0 aliphatic heterocycles. The van der Waals surface area contributed by atoms with Gasteiger partial charge in [-0.3, -0.25) is 9.59 Å². The molecule has 1 fully saturated rings. The van der Waals surface area contributed by atoms with Crippen LogP contribution in [0.1, 0.15) is 28.8 Å². The van der Waals surface area contributed by atoms with Gasteiger partial charge in [0.1, 0.15) is 0 Å². The molecular weight excluding hydrogens is 347 g/mol. The van der Waals surface area contributed by atoms with Crippen LogP contribution in [0.3, 0.4) is 0 Å². The highest BCUT2D eigenvalue weighted by Crippen LogP contribution is 2.22. The van der Waals surface area contributed by atoms with Gasteiger partial charge in [-0.25, -0.2) is 0 Å². The number of anilines is 1. The summed E-state index contributed by atoms with van der Waals surface area (Å²) in [5.41, 5.74) is 1.84. The minimum absolute atomic E-state index is 0.0278. The van der Waals surface area contributed by atoms with Crippen molar-refractivity contribution in [3.63, 3.8) is 0 Å². The first-order chi connectivity index (χ1) is 11.5. The molecule has 0 heterocycles. The standard InChI is InChI=1S/C18H16Cl2N2O2/c19-12-3-8-16(20)15(10-12)18(24)22-14-4-1-11(2-5-14)9-17(23)21-13-6-7-13/h1-5,8,10,13H,6-7,9H2,(H,21,23)(H,22,24). The van der Waals surface area contributed by atoms with Crippen molar-refractivity contribution in [3.05, 3.63) is 63.6 Å². The number of rotatable bonds is 5. The van der Waals surface area contributed by atoms with E-state index in [1.807, 2.05) is 12.1 Å². The maximum Gasteiger partial charge on any atom is 0.257 e. The quantitative estimate of drug-likeness (QED) is 0.842. The van der Waals surface area contributed by atoms with Crippen molar-refractivity contribution in [2.75, 3.05) is 5.32 Å². The van der Waals surface area contributed by atoms with Gasteiger partial charge in [-0.2, -0.15) is 0 Å². The van der Waals surface area contributed by atoms with E-state index in [2.05, 4.69) is 10.6 Å². The molecule has 0 spiro atoms. The summed E-state index contributed by atoms with van der Waals surface area (Å²) < 4.78 is 0. The highest BCUT2D eigenvalue weighted by molar-refractivity contribution is 6.36. The van der Waals surface area contributed by atoms with E-state index in [9.17, 15) is 9.59 Å². The summed E-state index contributed by atoms with van der Waals surface area (Å²) in [6.45, 7) is 0. The van der Waals surface area contributed by atoms with Gasteiger partial charge in [0.05, 0.1) is 17.0 Å². The summed E-state index contributed by atoms with van der Waals surface area (Å²) in [4.78, 5) is 24.0. The Morgan fingerprint density at radius 3 is 2.42 bits per heavy atom. The van der Waals surface area contributed by atoms with Crippen LogP contribution in [-0.2, 0) is 11.2 Å². The lowest BCUT2D eigenvalue weighted by Gasteiger charge is -2.08.